The summed E-state index contributed by atoms with van der Waals surface area (Å²) in [6.45, 7) is 11.8. The van der Waals surface area contributed by atoms with E-state index >= 15 is 0 Å². The number of phenolic OH excluding ortho intramolecular Hbond substituents is 1. The Morgan fingerprint density at radius 3 is 2.59 bits per heavy atom. The largest absolute Gasteiger partial charge is 0.506 e. The van der Waals surface area contributed by atoms with Crippen molar-refractivity contribution in [3.05, 3.63) is 40.5 Å². The lowest BCUT2D eigenvalue weighted by Crippen LogP contribution is -2.49. The van der Waals surface area contributed by atoms with Crippen LogP contribution in [0.2, 0.25) is 0 Å². The van der Waals surface area contributed by atoms with Crippen LogP contribution in [0.25, 0.3) is 6.08 Å². The standard InChI is InChI=1S/C28H42N2O4/c1-5-6-7-10-22-20-24-23(11-13-28(4,34-24)12-8-9-21(2)3)26(32)25(22)27(33)30-16-14-29(15-17-30)18-19-31/h9,11,13,20,31-32H,5-8,10,12,14-19H2,1-4H3. The number of phenols is 1. The molecule has 1 aromatic rings. The van der Waals surface area contributed by atoms with Crippen molar-refractivity contribution >= 4 is 12.0 Å². The van der Waals surface area contributed by atoms with Gasteiger partial charge < -0.3 is 19.8 Å². The second-order valence-electron chi connectivity index (χ2n) is 10.1. The first-order chi connectivity index (χ1) is 16.3. The molecule has 6 heteroatoms. The molecule has 0 aliphatic carbocycles. The first kappa shape index (κ1) is 26.3. The number of benzene rings is 1. The Labute approximate surface area is 204 Å². The lowest BCUT2D eigenvalue weighted by molar-refractivity contribution is 0.0610. The molecule has 1 amide bonds. The molecule has 0 saturated carbocycles. The molecule has 6 nitrogen and oxygen atoms in total. The maximum absolute atomic E-state index is 13.6. The van der Waals surface area contributed by atoms with E-state index in [9.17, 15) is 15.0 Å². The Morgan fingerprint density at radius 2 is 1.94 bits per heavy atom. The summed E-state index contributed by atoms with van der Waals surface area (Å²) in [7, 11) is 0. The topological polar surface area (TPSA) is 73.2 Å². The molecule has 2 N–H and O–H groups in total. The Bertz CT molecular complexity index is 911. The van der Waals surface area contributed by atoms with E-state index in [0.29, 0.717) is 36.5 Å². The van der Waals surface area contributed by atoms with Crippen molar-refractivity contribution in [3.63, 3.8) is 0 Å². The average Bonchev–Trinajstić information content (AvgIpc) is 2.79. The van der Waals surface area contributed by atoms with Crippen molar-refractivity contribution in [3.8, 4) is 11.5 Å². The molecule has 2 heterocycles. The third-order valence-corrected chi connectivity index (χ3v) is 6.86. The van der Waals surface area contributed by atoms with Crippen molar-refractivity contribution in [1.29, 1.82) is 0 Å². The van der Waals surface area contributed by atoms with Crippen molar-refractivity contribution in [2.45, 2.75) is 71.8 Å². The van der Waals surface area contributed by atoms with E-state index in [0.717, 1.165) is 57.2 Å². The van der Waals surface area contributed by atoms with E-state index in [1.165, 1.54) is 5.57 Å². The quantitative estimate of drug-likeness (QED) is 0.380. The molecule has 0 bridgehead atoms. The lowest BCUT2D eigenvalue weighted by Gasteiger charge is -2.36. The minimum atomic E-state index is -0.444. The van der Waals surface area contributed by atoms with Gasteiger partial charge in [0.25, 0.3) is 5.91 Å². The van der Waals surface area contributed by atoms with Crippen LogP contribution in [-0.4, -0.2) is 70.9 Å². The highest BCUT2D eigenvalue weighted by Crippen LogP contribution is 2.42. The zero-order valence-electron chi connectivity index (χ0n) is 21.4. The molecule has 1 fully saturated rings. The summed E-state index contributed by atoms with van der Waals surface area (Å²) in [4.78, 5) is 17.6. The Hall–Kier alpha value is -2.31. The van der Waals surface area contributed by atoms with Crippen LogP contribution in [0, 0.1) is 0 Å². The summed E-state index contributed by atoms with van der Waals surface area (Å²) in [6.07, 6.45) is 11.8. The molecule has 3 rings (SSSR count). The third kappa shape index (κ3) is 6.42. The van der Waals surface area contributed by atoms with Gasteiger partial charge >= 0.3 is 0 Å². The van der Waals surface area contributed by atoms with Crippen LogP contribution in [0.5, 0.6) is 11.5 Å². The second kappa shape index (κ2) is 11.9. The highest BCUT2D eigenvalue weighted by atomic mass is 16.5. The molecule has 0 spiro atoms. The normalized spacial score (nSPS) is 20.1. The van der Waals surface area contributed by atoms with Gasteiger partial charge in [-0.2, -0.15) is 0 Å². The predicted molar refractivity (Wildman–Crippen MR) is 137 cm³/mol. The zero-order chi connectivity index (χ0) is 24.7. The Balaban J connectivity index is 1.88. The first-order valence-electron chi connectivity index (χ1n) is 12.8. The summed E-state index contributed by atoms with van der Waals surface area (Å²) >= 11 is 0. The van der Waals surface area contributed by atoms with Gasteiger partial charge in [0.15, 0.2) is 0 Å². The van der Waals surface area contributed by atoms with Gasteiger partial charge in [0, 0.05) is 32.7 Å². The van der Waals surface area contributed by atoms with Gasteiger partial charge in [-0.3, -0.25) is 9.69 Å². The summed E-state index contributed by atoms with van der Waals surface area (Å²) in [5, 5.41) is 20.5. The highest BCUT2D eigenvalue weighted by molar-refractivity contribution is 6.00. The first-order valence-corrected chi connectivity index (χ1v) is 12.8. The number of amides is 1. The van der Waals surface area contributed by atoms with Crippen LogP contribution in [-0.2, 0) is 6.42 Å². The van der Waals surface area contributed by atoms with E-state index in [-0.39, 0.29) is 18.3 Å². The number of unbranched alkanes of at least 4 members (excludes halogenated alkanes) is 2. The number of carbonyl (C=O) groups is 1. The number of aromatic hydroxyl groups is 1. The van der Waals surface area contributed by atoms with Crippen LogP contribution in [0.4, 0.5) is 0 Å². The molecule has 1 atom stereocenters. The maximum Gasteiger partial charge on any atom is 0.258 e. The number of allylic oxidation sites excluding steroid dienone is 2. The molecule has 0 aromatic heterocycles. The zero-order valence-corrected chi connectivity index (χ0v) is 21.4. The van der Waals surface area contributed by atoms with Crippen LogP contribution < -0.4 is 4.74 Å². The number of piperazine rings is 1. The minimum absolute atomic E-state index is 0.0365. The number of hydrogen-bond acceptors (Lipinski definition) is 5. The summed E-state index contributed by atoms with van der Waals surface area (Å²) in [5.41, 5.74) is 2.74. The Kier molecular flexibility index (Phi) is 9.20. The van der Waals surface area contributed by atoms with Crippen molar-refractivity contribution in [2.75, 3.05) is 39.3 Å². The number of ether oxygens (including phenoxy) is 1. The molecular weight excluding hydrogens is 428 g/mol. The monoisotopic (exact) mass is 470 g/mol. The van der Waals surface area contributed by atoms with Crippen molar-refractivity contribution in [2.24, 2.45) is 0 Å². The predicted octanol–water partition coefficient (Wildman–Crippen LogP) is 4.79. The average molecular weight is 471 g/mol. The number of nitrogens with zero attached hydrogens (tertiary/aromatic N) is 2. The van der Waals surface area contributed by atoms with Crippen LogP contribution in [0.3, 0.4) is 0 Å². The molecule has 34 heavy (non-hydrogen) atoms. The number of fused-ring (bicyclic) bond motifs is 1. The molecule has 2 aliphatic heterocycles. The third-order valence-electron chi connectivity index (χ3n) is 6.86. The fourth-order valence-corrected chi connectivity index (χ4v) is 4.76. The van der Waals surface area contributed by atoms with E-state index in [1.54, 1.807) is 0 Å². The van der Waals surface area contributed by atoms with Crippen molar-refractivity contribution in [1.82, 2.24) is 9.80 Å². The molecule has 188 valence electrons. The van der Waals surface area contributed by atoms with Gasteiger partial charge in [0.05, 0.1) is 17.7 Å². The van der Waals surface area contributed by atoms with E-state index < -0.39 is 5.60 Å². The van der Waals surface area contributed by atoms with Gasteiger partial charge in [-0.1, -0.05) is 31.4 Å². The number of β-amino-alcohol motifs (C(OH)–C–C–N with tert-alkyl or cyclic N) is 1. The maximum atomic E-state index is 13.6. The van der Waals surface area contributed by atoms with Crippen LogP contribution in [0.15, 0.2) is 23.8 Å². The molecule has 0 radical (unpaired) electrons. The van der Waals surface area contributed by atoms with E-state index in [1.807, 2.05) is 23.1 Å². The smallest absolute Gasteiger partial charge is 0.258 e. The van der Waals surface area contributed by atoms with Gasteiger partial charge in [-0.15, -0.1) is 0 Å². The van der Waals surface area contributed by atoms with Crippen LogP contribution in [0.1, 0.15) is 81.3 Å². The minimum Gasteiger partial charge on any atom is -0.506 e. The van der Waals surface area contributed by atoms with E-state index in [2.05, 4.69) is 38.7 Å². The number of aliphatic hydroxyl groups excluding tert-OH is 1. The Morgan fingerprint density at radius 1 is 1.21 bits per heavy atom. The SMILES string of the molecule is CCCCCc1cc2c(c(O)c1C(=O)N1CCN(CCO)CC1)C=CC(C)(CCC=C(C)C)O2. The number of aliphatic hydroxyl groups is 1. The lowest BCUT2D eigenvalue weighted by atomic mass is 9.90. The highest BCUT2D eigenvalue weighted by Gasteiger charge is 2.33. The molecule has 1 saturated heterocycles. The number of aryl methyl sites for hydroxylation is 1. The number of hydrogen-bond donors (Lipinski definition) is 2. The summed E-state index contributed by atoms with van der Waals surface area (Å²) < 4.78 is 6.42. The molecule has 1 unspecified atom stereocenters. The number of rotatable bonds is 10. The van der Waals surface area contributed by atoms with E-state index in [4.69, 9.17) is 4.74 Å². The fourth-order valence-electron chi connectivity index (χ4n) is 4.76. The summed E-state index contributed by atoms with van der Waals surface area (Å²) in [6, 6.07) is 1.99. The van der Waals surface area contributed by atoms with Crippen LogP contribution >= 0.6 is 0 Å². The van der Waals surface area contributed by atoms with Gasteiger partial charge in [0.2, 0.25) is 0 Å². The van der Waals surface area contributed by atoms with Gasteiger partial charge in [0.1, 0.15) is 17.1 Å². The second-order valence-corrected chi connectivity index (χ2v) is 10.1. The molecular formula is C28H42N2O4. The molecule has 1 aromatic carbocycles. The number of carbonyl (C=O) groups excluding carboxylic acids is 1. The van der Waals surface area contributed by atoms with Gasteiger partial charge in [-0.25, -0.2) is 0 Å². The van der Waals surface area contributed by atoms with Gasteiger partial charge in [-0.05, 0) is 70.2 Å². The molecule has 2 aliphatic rings. The fraction of sp³-hybridized carbons (Fsp3) is 0.607. The van der Waals surface area contributed by atoms with Crippen molar-refractivity contribution < 1.29 is 19.7 Å². The summed E-state index contributed by atoms with van der Waals surface area (Å²) in [5.74, 6) is 0.589.